The monoisotopic (exact) mass is 591 g/mol. The Morgan fingerprint density at radius 3 is 2.05 bits per heavy atom. The summed E-state index contributed by atoms with van der Waals surface area (Å²) in [5.74, 6) is -0.121. The van der Waals surface area contributed by atoms with E-state index in [1.807, 2.05) is 45.0 Å². The van der Waals surface area contributed by atoms with Gasteiger partial charge in [0.2, 0.25) is 11.8 Å². The zero-order valence-corrected chi connectivity index (χ0v) is 25.7. The van der Waals surface area contributed by atoms with Crippen LogP contribution < -0.4 is 14.4 Å². The van der Waals surface area contributed by atoms with Crippen molar-refractivity contribution in [2.75, 3.05) is 17.5 Å². The summed E-state index contributed by atoms with van der Waals surface area (Å²) in [6.45, 7) is 7.59. The van der Waals surface area contributed by atoms with Crippen LogP contribution in [0.5, 0.6) is 5.75 Å². The molecule has 0 spiro atoms. The van der Waals surface area contributed by atoms with Crippen molar-refractivity contribution in [3.05, 3.63) is 89.5 Å². The van der Waals surface area contributed by atoms with Crippen molar-refractivity contribution in [2.45, 2.75) is 76.9 Å². The topological polar surface area (TPSA) is 96.0 Å². The summed E-state index contributed by atoms with van der Waals surface area (Å²) in [6.07, 6.45) is 3.98. The molecule has 224 valence electrons. The van der Waals surface area contributed by atoms with Crippen molar-refractivity contribution >= 4 is 27.5 Å². The van der Waals surface area contributed by atoms with E-state index in [9.17, 15) is 18.0 Å². The Bertz CT molecular complexity index is 1450. The molecule has 3 aromatic carbocycles. The number of benzene rings is 3. The molecule has 0 heterocycles. The summed E-state index contributed by atoms with van der Waals surface area (Å²) in [6, 6.07) is 20.2. The summed E-state index contributed by atoms with van der Waals surface area (Å²) < 4.78 is 34.6. The number of carbonyl (C=O) groups is 2. The summed E-state index contributed by atoms with van der Waals surface area (Å²) in [7, 11) is -4.12. The fraction of sp³-hybridized carbons (Fsp3) is 0.394. The molecule has 1 fully saturated rings. The maximum absolute atomic E-state index is 14.1. The zero-order valence-electron chi connectivity index (χ0n) is 24.9. The summed E-state index contributed by atoms with van der Waals surface area (Å²) in [4.78, 5) is 29.0. The van der Waals surface area contributed by atoms with Crippen LogP contribution in [0.15, 0.2) is 77.7 Å². The van der Waals surface area contributed by atoms with Crippen LogP contribution >= 0.6 is 0 Å². The summed E-state index contributed by atoms with van der Waals surface area (Å²) in [5, 5.41) is 3.09. The van der Waals surface area contributed by atoms with Crippen LogP contribution in [0.2, 0.25) is 0 Å². The number of sulfonamides is 1. The van der Waals surface area contributed by atoms with E-state index in [0.717, 1.165) is 46.7 Å². The normalized spacial score (nSPS) is 14.3. The van der Waals surface area contributed by atoms with Gasteiger partial charge in [-0.2, -0.15) is 0 Å². The van der Waals surface area contributed by atoms with E-state index < -0.39 is 28.5 Å². The molecule has 1 saturated carbocycles. The predicted octanol–water partition coefficient (Wildman–Crippen LogP) is 5.37. The first-order chi connectivity index (χ1) is 20.1. The second kappa shape index (κ2) is 13.9. The number of carbonyl (C=O) groups excluding carboxylic acids is 2. The standard InChI is InChI=1S/C33H41N3O5S/c1-5-41-30-18-16-29(17-19-30)36(42(39,40)31-20-12-25(3)13-21-31)23-32(37)35(22-27-14-10-24(2)11-15-27)26(4)33(38)34-28-8-6-7-9-28/h10-21,26,28H,5-9,22-23H2,1-4H3,(H,34,38). The minimum Gasteiger partial charge on any atom is -0.494 e. The minimum atomic E-state index is -4.12. The number of nitrogens with one attached hydrogen (secondary N) is 1. The van der Waals surface area contributed by atoms with Gasteiger partial charge in [-0.25, -0.2) is 8.42 Å². The van der Waals surface area contributed by atoms with Crippen molar-refractivity contribution in [1.82, 2.24) is 10.2 Å². The van der Waals surface area contributed by atoms with Gasteiger partial charge < -0.3 is 15.0 Å². The van der Waals surface area contributed by atoms with Crippen LogP contribution in [0.4, 0.5) is 5.69 Å². The molecule has 0 aromatic heterocycles. The molecule has 1 aliphatic rings. The lowest BCUT2D eigenvalue weighted by atomic mass is 10.1. The molecule has 42 heavy (non-hydrogen) atoms. The third-order valence-electron chi connectivity index (χ3n) is 7.67. The molecule has 1 atom stereocenters. The van der Waals surface area contributed by atoms with E-state index >= 15 is 0 Å². The molecule has 1 N–H and O–H groups in total. The summed E-state index contributed by atoms with van der Waals surface area (Å²) >= 11 is 0. The van der Waals surface area contributed by atoms with Gasteiger partial charge in [0, 0.05) is 12.6 Å². The second-order valence-corrected chi connectivity index (χ2v) is 12.8. The highest BCUT2D eigenvalue weighted by molar-refractivity contribution is 7.92. The van der Waals surface area contributed by atoms with E-state index in [1.165, 1.54) is 4.90 Å². The van der Waals surface area contributed by atoms with Gasteiger partial charge >= 0.3 is 0 Å². The highest BCUT2D eigenvalue weighted by Crippen LogP contribution is 2.27. The van der Waals surface area contributed by atoms with Crippen LogP contribution in [0.1, 0.15) is 56.2 Å². The Morgan fingerprint density at radius 1 is 0.905 bits per heavy atom. The summed E-state index contributed by atoms with van der Waals surface area (Å²) in [5.41, 5.74) is 3.17. The van der Waals surface area contributed by atoms with Gasteiger partial charge in [0.05, 0.1) is 17.2 Å². The number of hydrogen-bond donors (Lipinski definition) is 1. The second-order valence-electron chi connectivity index (χ2n) is 10.9. The van der Waals surface area contributed by atoms with Crippen molar-refractivity contribution in [1.29, 1.82) is 0 Å². The van der Waals surface area contributed by atoms with Crippen LogP contribution in [0.25, 0.3) is 0 Å². The lowest BCUT2D eigenvalue weighted by molar-refractivity contribution is -0.139. The predicted molar refractivity (Wildman–Crippen MR) is 165 cm³/mol. The number of rotatable bonds is 12. The van der Waals surface area contributed by atoms with Crippen LogP contribution in [-0.2, 0) is 26.2 Å². The lowest BCUT2D eigenvalue weighted by Gasteiger charge is -2.32. The Balaban J connectivity index is 1.68. The Labute approximate surface area is 249 Å². The SMILES string of the molecule is CCOc1ccc(N(CC(=O)N(Cc2ccc(C)cc2)C(C)C(=O)NC2CCCC2)S(=O)(=O)c2ccc(C)cc2)cc1. The van der Waals surface area contributed by atoms with Crippen molar-refractivity contribution in [2.24, 2.45) is 0 Å². The van der Waals surface area contributed by atoms with Gasteiger partial charge in [-0.1, -0.05) is 60.4 Å². The van der Waals surface area contributed by atoms with Gasteiger partial charge in [-0.3, -0.25) is 13.9 Å². The Kier molecular flexibility index (Phi) is 10.3. The number of ether oxygens (including phenoxy) is 1. The smallest absolute Gasteiger partial charge is 0.264 e. The van der Waals surface area contributed by atoms with Gasteiger partial charge in [-0.05, 0) is 82.5 Å². The van der Waals surface area contributed by atoms with Gasteiger partial charge in [0.1, 0.15) is 18.3 Å². The average Bonchev–Trinajstić information content (AvgIpc) is 3.49. The molecule has 1 aliphatic carbocycles. The molecule has 0 bridgehead atoms. The molecule has 0 radical (unpaired) electrons. The molecule has 2 amide bonds. The molecular weight excluding hydrogens is 550 g/mol. The molecule has 4 rings (SSSR count). The first-order valence-electron chi connectivity index (χ1n) is 14.6. The van der Waals surface area contributed by atoms with E-state index in [2.05, 4.69) is 5.32 Å². The molecular formula is C33H41N3O5S. The maximum atomic E-state index is 14.1. The largest absolute Gasteiger partial charge is 0.494 e. The van der Waals surface area contributed by atoms with Gasteiger partial charge in [0.25, 0.3) is 10.0 Å². The van der Waals surface area contributed by atoms with Crippen molar-refractivity contribution < 1.29 is 22.7 Å². The molecule has 3 aromatic rings. The first kappa shape index (κ1) is 31.1. The number of nitrogens with zero attached hydrogens (tertiary/aromatic N) is 2. The fourth-order valence-corrected chi connectivity index (χ4v) is 6.52. The minimum absolute atomic E-state index is 0.0758. The Hall–Kier alpha value is -3.85. The first-order valence-corrected chi connectivity index (χ1v) is 16.0. The molecule has 0 aliphatic heterocycles. The third kappa shape index (κ3) is 7.70. The number of aryl methyl sites for hydroxylation is 2. The number of anilines is 1. The van der Waals surface area contributed by atoms with Crippen molar-refractivity contribution in [3.8, 4) is 5.75 Å². The molecule has 1 unspecified atom stereocenters. The number of amides is 2. The molecule has 8 nitrogen and oxygen atoms in total. The van der Waals surface area contributed by atoms with Gasteiger partial charge in [0.15, 0.2) is 0 Å². The van der Waals surface area contributed by atoms with E-state index in [4.69, 9.17) is 4.74 Å². The average molecular weight is 592 g/mol. The highest BCUT2D eigenvalue weighted by atomic mass is 32.2. The van der Waals surface area contributed by atoms with Crippen LogP contribution in [-0.4, -0.2) is 50.4 Å². The number of hydrogen-bond acceptors (Lipinski definition) is 5. The molecule has 9 heteroatoms. The maximum Gasteiger partial charge on any atom is 0.264 e. The van der Waals surface area contributed by atoms with Crippen LogP contribution in [0.3, 0.4) is 0 Å². The third-order valence-corrected chi connectivity index (χ3v) is 9.45. The van der Waals surface area contributed by atoms with E-state index in [-0.39, 0.29) is 23.4 Å². The van der Waals surface area contributed by atoms with Gasteiger partial charge in [-0.15, -0.1) is 0 Å². The van der Waals surface area contributed by atoms with Crippen LogP contribution in [0, 0.1) is 13.8 Å². The van der Waals surface area contributed by atoms with Crippen molar-refractivity contribution in [3.63, 3.8) is 0 Å². The zero-order chi connectivity index (χ0) is 30.3. The highest BCUT2D eigenvalue weighted by Gasteiger charge is 2.33. The van der Waals surface area contributed by atoms with E-state index in [1.54, 1.807) is 55.5 Å². The Morgan fingerprint density at radius 2 is 1.48 bits per heavy atom. The van der Waals surface area contributed by atoms with E-state index in [0.29, 0.717) is 18.0 Å². The lowest BCUT2D eigenvalue weighted by Crippen LogP contribution is -2.52. The molecule has 0 saturated heterocycles. The fourth-order valence-electron chi connectivity index (χ4n) is 5.11. The quantitative estimate of drug-likeness (QED) is 0.305.